The third-order valence-corrected chi connectivity index (χ3v) is 5.29. The van der Waals surface area contributed by atoms with Crippen LogP contribution in [0.4, 0.5) is 0 Å². The molecule has 2 rings (SSSR count). The lowest BCUT2D eigenvalue weighted by atomic mass is 10.0. The Morgan fingerprint density at radius 1 is 1.33 bits per heavy atom. The van der Waals surface area contributed by atoms with Crippen LogP contribution in [-0.2, 0) is 0 Å². The molecule has 116 valence electrons. The number of thioether (sulfide) groups is 1. The molecule has 0 heterocycles. The van der Waals surface area contributed by atoms with E-state index < -0.39 is 0 Å². The van der Waals surface area contributed by atoms with E-state index in [9.17, 15) is 4.79 Å². The van der Waals surface area contributed by atoms with Gasteiger partial charge in [-0.15, -0.1) is 0 Å². The first-order chi connectivity index (χ1) is 10.1. The van der Waals surface area contributed by atoms with Crippen molar-refractivity contribution in [2.75, 3.05) is 5.75 Å². The highest BCUT2D eigenvalue weighted by atomic mass is 35.5. The van der Waals surface area contributed by atoms with E-state index >= 15 is 0 Å². The number of carbonyl (C=O) groups is 1. The van der Waals surface area contributed by atoms with E-state index in [0.717, 1.165) is 0 Å². The van der Waals surface area contributed by atoms with E-state index in [1.807, 2.05) is 19.9 Å². The topological polar surface area (TPSA) is 26.3 Å². The number of carbonyl (C=O) groups excluding carboxylic acids is 1. The smallest absolute Gasteiger partial charge is 0.172 e. The Morgan fingerprint density at radius 2 is 2.05 bits per heavy atom. The first-order valence-electron chi connectivity index (χ1n) is 7.67. The van der Waals surface area contributed by atoms with Gasteiger partial charge in [0.2, 0.25) is 0 Å². The Balaban J connectivity index is 1.91. The summed E-state index contributed by atoms with van der Waals surface area (Å²) in [7, 11) is 0. The molecule has 0 atom stereocenters. The Bertz CT molecular complexity index is 482. The number of halogens is 1. The van der Waals surface area contributed by atoms with Crippen LogP contribution in [0.25, 0.3) is 0 Å². The molecule has 21 heavy (non-hydrogen) atoms. The molecule has 0 aromatic heterocycles. The summed E-state index contributed by atoms with van der Waals surface area (Å²) in [5, 5.41) is 1.17. The minimum absolute atomic E-state index is 0.0749. The van der Waals surface area contributed by atoms with E-state index in [1.54, 1.807) is 23.9 Å². The summed E-state index contributed by atoms with van der Waals surface area (Å²) < 4.78 is 5.59. The molecule has 1 aliphatic carbocycles. The predicted molar refractivity (Wildman–Crippen MR) is 90.9 cm³/mol. The highest BCUT2D eigenvalue weighted by molar-refractivity contribution is 8.00. The standard InChI is InChI=1S/C17H23ClO2S/c1-12(2)20-17-9-8-13(10-15(17)18)16(19)11-21-14-6-4-3-5-7-14/h8-10,12,14H,3-7,11H2,1-2H3. The van der Waals surface area contributed by atoms with E-state index in [1.165, 1.54) is 32.1 Å². The summed E-state index contributed by atoms with van der Waals surface area (Å²) in [6, 6.07) is 5.33. The second-order valence-electron chi connectivity index (χ2n) is 5.81. The van der Waals surface area contributed by atoms with Gasteiger partial charge in [0.1, 0.15) is 5.75 Å². The monoisotopic (exact) mass is 326 g/mol. The van der Waals surface area contributed by atoms with Crippen LogP contribution in [0.3, 0.4) is 0 Å². The van der Waals surface area contributed by atoms with E-state index in [-0.39, 0.29) is 11.9 Å². The molecule has 1 fully saturated rings. The van der Waals surface area contributed by atoms with Gasteiger partial charge >= 0.3 is 0 Å². The number of Topliss-reactive ketones (excluding diaryl/α,β-unsaturated/α-hetero) is 1. The highest BCUT2D eigenvalue weighted by Gasteiger charge is 2.16. The third-order valence-electron chi connectivity index (χ3n) is 3.62. The summed E-state index contributed by atoms with van der Waals surface area (Å²) in [5.41, 5.74) is 0.680. The number of ketones is 1. The lowest BCUT2D eigenvalue weighted by molar-refractivity contribution is 0.102. The molecule has 1 aromatic rings. The molecule has 0 aliphatic heterocycles. The van der Waals surface area contributed by atoms with Gasteiger partial charge in [-0.05, 0) is 44.9 Å². The van der Waals surface area contributed by atoms with Gasteiger partial charge < -0.3 is 4.74 Å². The van der Waals surface area contributed by atoms with Crippen LogP contribution in [0.15, 0.2) is 18.2 Å². The maximum atomic E-state index is 12.3. The molecular weight excluding hydrogens is 304 g/mol. The molecular formula is C17H23ClO2S. The van der Waals surface area contributed by atoms with Crippen molar-refractivity contribution in [3.8, 4) is 5.75 Å². The molecule has 0 spiro atoms. The first kappa shape index (κ1) is 16.7. The van der Waals surface area contributed by atoms with Crippen molar-refractivity contribution in [1.82, 2.24) is 0 Å². The van der Waals surface area contributed by atoms with Gasteiger partial charge in [0.25, 0.3) is 0 Å². The minimum atomic E-state index is 0.0749. The maximum Gasteiger partial charge on any atom is 0.172 e. The van der Waals surface area contributed by atoms with E-state index in [4.69, 9.17) is 16.3 Å². The molecule has 1 aromatic carbocycles. The highest BCUT2D eigenvalue weighted by Crippen LogP contribution is 2.30. The quantitative estimate of drug-likeness (QED) is 0.657. The van der Waals surface area contributed by atoms with Crippen LogP contribution >= 0.6 is 23.4 Å². The molecule has 1 aliphatic rings. The maximum absolute atomic E-state index is 12.3. The van der Waals surface area contributed by atoms with Crippen molar-refractivity contribution >= 4 is 29.1 Å². The fraction of sp³-hybridized carbons (Fsp3) is 0.588. The number of ether oxygens (including phenoxy) is 1. The number of rotatable bonds is 6. The van der Waals surface area contributed by atoms with Crippen LogP contribution in [-0.4, -0.2) is 22.9 Å². The van der Waals surface area contributed by atoms with Gasteiger partial charge in [-0.2, -0.15) is 11.8 Å². The predicted octanol–water partition coefficient (Wildman–Crippen LogP) is 5.38. The zero-order valence-electron chi connectivity index (χ0n) is 12.7. The van der Waals surface area contributed by atoms with Gasteiger partial charge in [-0.25, -0.2) is 0 Å². The fourth-order valence-electron chi connectivity index (χ4n) is 2.53. The molecule has 0 N–H and O–H groups in total. The van der Waals surface area contributed by atoms with Gasteiger partial charge in [-0.1, -0.05) is 30.9 Å². The van der Waals surface area contributed by atoms with Gasteiger partial charge in [0, 0.05) is 10.8 Å². The molecule has 0 bridgehead atoms. The van der Waals surface area contributed by atoms with Crippen molar-refractivity contribution in [3.63, 3.8) is 0 Å². The Labute approximate surface area is 136 Å². The Kier molecular flexibility index (Phi) is 6.43. The van der Waals surface area contributed by atoms with Crippen LogP contribution < -0.4 is 4.74 Å². The van der Waals surface area contributed by atoms with Crippen molar-refractivity contribution in [2.45, 2.75) is 57.3 Å². The normalized spacial score (nSPS) is 16.2. The van der Waals surface area contributed by atoms with Crippen LogP contribution in [0.5, 0.6) is 5.75 Å². The summed E-state index contributed by atoms with van der Waals surface area (Å²) in [4.78, 5) is 12.3. The lowest BCUT2D eigenvalue weighted by Gasteiger charge is -2.20. The minimum Gasteiger partial charge on any atom is -0.489 e. The van der Waals surface area contributed by atoms with Gasteiger partial charge in [0.15, 0.2) is 5.78 Å². The van der Waals surface area contributed by atoms with Crippen molar-refractivity contribution in [1.29, 1.82) is 0 Å². The zero-order chi connectivity index (χ0) is 15.2. The van der Waals surface area contributed by atoms with E-state index in [0.29, 0.717) is 27.3 Å². The lowest BCUT2D eigenvalue weighted by Crippen LogP contribution is -2.12. The zero-order valence-corrected chi connectivity index (χ0v) is 14.3. The third kappa shape index (κ3) is 5.23. The average molecular weight is 327 g/mol. The summed E-state index contributed by atoms with van der Waals surface area (Å²) >= 11 is 7.98. The Morgan fingerprint density at radius 3 is 2.67 bits per heavy atom. The second kappa shape index (κ2) is 8.09. The summed E-state index contributed by atoms with van der Waals surface area (Å²) in [5.74, 6) is 1.34. The van der Waals surface area contributed by atoms with Crippen molar-refractivity contribution < 1.29 is 9.53 Å². The Hall–Kier alpha value is -0.670. The largest absolute Gasteiger partial charge is 0.489 e. The molecule has 0 saturated heterocycles. The van der Waals surface area contributed by atoms with Gasteiger partial charge in [0.05, 0.1) is 16.9 Å². The number of hydrogen-bond donors (Lipinski definition) is 0. The fourth-order valence-corrected chi connectivity index (χ4v) is 3.98. The number of benzene rings is 1. The number of hydrogen-bond acceptors (Lipinski definition) is 3. The SMILES string of the molecule is CC(C)Oc1ccc(C(=O)CSC2CCCCC2)cc1Cl. The molecule has 1 saturated carbocycles. The molecule has 4 heteroatoms. The second-order valence-corrected chi connectivity index (χ2v) is 7.50. The van der Waals surface area contributed by atoms with Crippen LogP contribution in [0.2, 0.25) is 5.02 Å². The van der Waals surface area contributed by atoms with E-state index in [2.05, 4.69) is 0 Å². The van der Waals surface area contributed by atoms with Crippen molar-refractivity contribution in [3.05, 3.63) is 28.8 Å². The summed E-state index contributed by atoms with van der Waals surface area (Å²) in [6.07, 6.45) is 6.53. The van der Waals surface area contributed by atoms with Crippen LogP contribution in [0, 0.1) is 0 Å². The first-order valence-corrected chi connectivity index (χ1v) is 9.10. The molecule has 0 amide bonds. The van der Waals surface area contributed by atoms with Gasteiger partial charge in [-0.3, -0.25) is 4.79 Å². The average Bonchev–Trinajstić information content (AvgIpc) is 2.47. The van der Waals surface area contributed by atoms with Crippen molar-refractivity contribution in [2.24, 2.45) is 0 Å². The molecule has 0 unspecified atom stereocenters. The molecule has 2 nitrogen and oxygen atoms in total. The summed E-state index contributed by atoms with van der Waals surface area (Å²) in [6.45, 7) is 3.91. The molecule has 0 radical (unpaired) electrons. The van der Waals surface area contributed by atoms with Crippen LogP contribution in [0.1, 0.15) is 56.3 Å².